The van der Waals surface area contributed by atoms with Crippen molar-refractivity contribution in [3.63, 3.8) is 0 Å². The van der Waals surface area contributed by atoms with Gasteiger partial charge in [0.25, 0.3) is 0 Å². The Morgan fingerprint density at radius 1 is 1.16 bits per heavy atom. The molecule has 4 heteroatoms. The molecule has 4 nitrogen and oxygen atoms in total. The van der Waals surface area contributed by atoms with Gasteiger partial charge in [-0.1, -0.05) is 30.3 Å². The van der Waals surface area contributed by atoms with Gasteiger partial charge in [-0.2, -0.15) is 0 Å². The van der Waals surface area contributed by atoms with Crippen molar-refractivity contribution in [3.8, 4) is 0 Å². The summed E-state index contributed by atoms with van der Waals surface area (Å²) in [5, 5.41) is 10.9. The fourth-order valence-electron chi connectivity index (χ4n) is 2.22. The fraction of sp³-hybridized carbons (Fsp3) is 0.0667. The first-order valence-corrected chi connectivity index (χ1v) is 5.81. The van der Waals surface area contributed by atoms with E-state index >= 15 is 0 Å². The van der Waals surface area contributed by atoms with Crippen LogP contribution in [0, 0.1) is 0 Å². The molecule has 1 heterocycles. The molecular weight excluding hydrogens is 244 g/mol. The van der Waals surface area contributed by atoms with Gasteiger partial charge in [0.15, 0.2) is 5.43 Å². The number of hydrogen-bond acceptors (Lipinski definition) is 3. The number of rotatable bonds is 2. The zero-order chi connectivity index (χ0) is 13.4. The molecule has 0 unspecified atom stereocenters. The first kappa shape index (κ1) is 11.5. The van der Waals surface area contributed by atoms with Gasteiger partial charge in [-0.25, -0.2) is 0 Å². The van der Waals surface area contributed by atoms with Crippen molar-refractivity contribution < 1.29 is 14.3 Å². The minimum Gasteiger partial charge on any atom is -0.481 e. The highest BCUT2D eigenvalue weighted by Gasteiger charge is 2.12. The zero-order valence-electron chi connectivity index (χ0n) is 9.92. The molecule has 0 aliphatic carbocycles. The average molecular weight is 254 g/mol. The molecule has 94 valence electrons. The van der Waals surface area contributed by atoms with Crippen LogP contribution in [-0.2, 0) is 11.2 Å². The summed E-state index contributed by atoms with van der Waals surface area (Å²) in [6.07, 6.45) is 0.898. The topological polar surface area (TPSA) is 67.5 Å². The van der Waals surface area contributed by atoms with Crippen LogP contribution in [0.25, 0.3) is 21.7 Å². The third-order valence-corrected chi connectivity index (χ3v) is 3.08. The number of carbonyl (C=O) groups is 1. The summed E-state index contributed by atoms with van der Waals surface area (Å²) < 4.78 is 5.37. The molecule has 19 heavy (non-hydrogen) atoms. The Morgan fingerprint density at radius 3 is 2.74 bits per heavy atom. The Balaban J connectivity index is 2.43. The molecule has 1 N–H and O–H groups in total. The van der Waals surface area contributed by atoms with Crippen LogP contribution in [0.1, 0.15) is 5.56 Å². The maximum absolute atomic E-state index is 12.4. The number of aliphatic carboxylic acids is 1. The number of fused-ring (bicyclic) bond motifs is 3. The highest BCUT2D eigenvalue weighted by molar-refractivity contribution is 6.05. The normalized spacial score (nSPS) is 10.9. The molecule has 0 bridgehead atoms. The van der Waals surface area contributed by atoms with E-state index in [2.05, 4.69) is 0 Å². The van der Waals surface area contributed by atoms with E-state index in [1.165, 1.54) is 6.26 Å². The van der Waals surface area contributed by atoms with E-state index in [9.17, 15) is 9.59 Å². The lowest BCUT2D eigenvalue weighted by atomic mass is 10.0. The molecule has 0 aliphatic heterocycles. The van der Waals surface area contributed by atoms with Crippen LogP contribution < -0.4 is 5.43 Å². The van der Waals surface area contributed by atoms with E-state index < -0.39 is 5.97 Å². The molecule has 0 saturated heterocycles. The Hall–Kier alpha value is -2.62. The lowest BCUT2D eigenvalue weighted by Gasteiger charge is -2.04. The monoisotopic (exact) mass is 254 g/mol. The highest BCUT2D eigenvalue weighted by atomic mass is 16.4. The van der Waals surface area contributed by atoms with Crippen molar-refractivity contribution in [2.24, 2.45) is 0 Å². The molecule has 0 saturated carbocycles. The van der Waals surface area contributed by atoms with Gasteiger partial charge in [-0.15, -0.1) is 0 Å². The minimum absolute atomic E-state index is 0.163. The van der Waals surface area contributed by atoms with E-state index in [1.54, 1.807) is 6.07 Å². The van der Waals surface area contributed by atoms with Crippen LogP contribution in [0.2, 0.25) is 0 Å². The Labute approximate surface area is 107 Å². The molecule has 0 spiro atoms. The van der Waals surface area contributed by atoms with E-state index in [1.807, 2.05) is 30.3 Å². The second-order valence-corrected chi connectivity index (χ2v) is 4.32. The van der Waals surface area contributed by atoms with E-state index in [0.717, 1.165) is 10.8 Å². The molecule has 0 radical (unpaired) electrons. The maximum Gasteiger partial charge on any atom is 0.308 e. The van der Waals surface area contributed by atoms with Crippen molar-refractivity contribution in [1.82, 2.24) is 0 Å². The summed E-state index contributed by atoms with van der Waals surface area (Å²) in [4.78, 5) is 23.1. The second-order valence-electron chi connectivity index (χ2n) is 4.32. The standard InChI is InChI=1S/C15H10O4/c16-13(17)7-10-8-19-12-6-5-9-3-1-2-4-11(9)14(12)15(10)18/h1-6,8H,7H2,(H,16,17). The number of hydrogen-bond donors (Lipinski definition) is 1. The molecule has 3 rings (SSSR count). The van der Waals surface area contributed by atoms with Crippen LogP contribution in [0.15, 0.2) is 51.9 Å². The summed E-state index contributed by atoms with van der Waals surface area (Å²) in [6, 6.07) is 11.1. The molecule has 0 atom stereocenters. The minimum atomic E-state index is -1.05. The zero-order valence-corrected chi connectivity index (χ0v) is 9.92. The third-order valence-electron chi connectivity index (χ3n) is 3.08. The first-order chi connectivity index (χ1) is 9.16. The van der Waals surface area contributed by atoms with Crippen LogP contribution in [-0.4, -0.2) is 11.1 Å². The fourth-order valence-corrected chi connectivity index (χ4v) is 2.22. The van der Waals surface area contributed by atoms with Gasteiger partial charge >= 0.3 is 5.97 Å². The van der Waals surface area contributed by atoms with Crippen molar-refractivity contribution in [1.29, 1.82) is 0 Å². The maximum atomic E-state index is 12.4. The average Bonchev–Trinajstić information content (AvgIpc) is 2.41. The van der Waals surface area contributed by atoms with Gasteiger partial charge in [0, 0.05) is 5.56 Å². The lowest BCUT2D eigenvalue weighted by molar-refractivity contribution is -0.136. The largest absolute Gasteiger partial charge is 0.481 e. The first-order valence-electron chi connectivity index (χ1n) is 5.81. The quantitative estimate of drug-likeness (QED) is 0.714. The Kier molecular flexibility index (Phi) is 2.56. The van der Waals surface area contributed by atoms with E-state index in [-0.39, 0.29) is 17.4 Å². The van der Waals surface area contributed by atoms with E-state index in [0.29, 0.717) is 11.0 Å². The molecule has 1 aromatic heterocycles. The van der Waals surface area contributed by atoms with Gasteiger partial charge in [-0.3, -0.25) is 9.59 Å². The van der Waals surface area contributed by atoms with Crippen molar-refractivity contribution in [3.05, 3.63) is 58.4 Å². The van der Waals surface area contributed by atoms with Gasteiger partial charge < -0.3 is 9.52 Å². The number of carboxylic acids is 1. The molecule has 0 amide bonds. The van der Waals surface area contributed by atoms with Gasteiger partial charge in [-0.05, 0) is 16.8 Å². The van der Waals surface area contributed by atoms with Crippen LogP contribution >= 0.6 is 0 Å². The van der Waals surface area contributed by atoms with Crippen LogP contribution in [0.3, 0.4) is 0 Å². The SMILES string of the molecule is O=C(O)Cc1coc2ccc3ccccc3c2c1=O. The number of benzene rings is 2. The third kappa shape index (κ3) is 1.87. The smallest absolute Gasteiger partial charge is 0.308 e. The van der Waals surface area contributed by atoms with Gasteiger partial charge in [0.2, 0.25) is 0 Å². The summed E-state index contributed by atoms with van der Waals surface area (Å²) in [5.41, 5.74) is 0.356. The Bertz CT molecular complexity index is 846. The molecule has 2 aromatic carbocycles. The van der Waals surface area contributed by atoms with E-state index in [4.69, 9.17) is 9.52 Å². The summed E-state index contributed by atoms with van der Waals surface area (Å²) >= 11 is 0. The molecule has 3 aromatic rings. The predicted molar refractivity (Wildman–Crippen MR) is 71.3 cm³/mol. The lowest BCUT2D eigenvalue weighted by Crippen LogP contribution is -2.13. The second kappa shape index (κ2) is 4.24. The summed E-state index contributed by atoms with van der Waals surface area (Å²) in [6.45, 7) is 0. The molecule has 0 aliphatic rings. The van der Waals surface area contributed by atoms with Crippen molar-refractivity contribution in [2.45, 2.75) is 6.42 Å². The highest BCUT2D eigenvalue weighted by Crippen LogP contribution is 2.23. The predicted octanol–water partition coefficient (Wildman–Crippen LogP) is 2.57. The van der Waals surface area contributed by atoms with Gasteiger partial charge in [0.1, 0.15) is 5.58 Å². The summed E-state index contributed by atoms with van der Waals surface area (Å²) in [7, 11) is 0. The van der Waals surface area contributed by atoms with Crippen LogP contribution in [0.5, 0.6) is 0 Å². The Morgan fingerprint density at radius 2 is 1.95 bits per heavy atom. The van der Waals surface area contributed by atoms with Crippen LogP contribution in [0.4, 0.5) is 0 Å². The van der Waals surface area contributed by atoms with Crippen molar-refractivity contribution in [2.75, 3.05) is 0 Å². The summed E-state index contributed by atoms with van der Waals surface area (Å²) in [5.74, 6) is -1.05. The van der Waals surface area contributed by atoms with Gasteiger partial charge in [0.05, 0.1) is 18.1 Å². The molecule has 0 fully saturated rings. The number of carboxylic acid groups (broad SMARTS) is 1. The van der Waals surface area contributed by atoms with Crippen molar-refractivity contribution >= 4 is 27.7 Å². The molecular formula is C15H10O4.